The van der Waals surface area contributed by atoms with Crippen molar-refractivity contribution in [1.82, 2.24) is 4.98 Å². The minimum Gasteiger partial charge on any atom is -0.301 e. The number of rotatable bonds is 4. The highest BCUT2D eigenvalue weighted by Gasteiger charge is 2.19. The summed E-state index contributed by atoms with van der Waals surface area (Å²) in [6.07, 6.45) is 0. The Hall–Kier alpha value is -1.20. The Bertz CT molecular complexity index is 592. The van der Waals surface area contributed by atoms with Gasteiger partial charge >= 0.3 is 0 Å². The van der Waals surface area contributed by atoms with Crippen LogP contribution >= 0.6 is 27.3 Å². The summed E-state index contributed by atoms with van der Waals surface area (Å²) in [7, 11) is 0. The Morgan fingerprint density at radius 3 is 2.55 bits per heavy atom. The van der Waals surface area contributed by atoms with Crippen LogP contribution in [-0.4, -0.2) is 15.7 Å². The second kappa shape index (κ2) is 6.50. The number of carbonyl (C=O) groups excluding carboxylic acids is 1. The smallest absolute Gasteiger partial charge is 0.240 e. The van der Waals surface area contributed by atoms with Crippen molar-refractivity contribution in [3.63, 3.8) is 0 Å². The molecule has 2 aromatic rings. The van der Waals surface area contributed by atoms with Crippen LogP contribution in [0.25, 0.3) is 11.3 Å². The minimum absolute atomic E-state index is 0.0511. The van der Waals surface area contributed by atoms with Gasteiger partial charge in [0.2, 0.25) is 5.91 Å². The van der Waals surface area contributed by atoms with E-state index in [0.29, 0.717) is 5.13 Å². The van der Waals surface area contributed by atoms with Gasteiger partial charge in [-0.05, 0) is 12.8 Å². The number of hydrogen-bond donors (Lipinski definition) is 1. The van der Waals surface area contributed by atoms with Crippen molar-refractivity contribution in [2.24, 2.45) is 5.92 Å². The summed E-state index contributed by atoms with van der Waals surface area (Å²) in [5.74, 6) is 0.191. The van der Waals surface area contributed by atoms with Gasteiger partial charge in [0.1, 0.15) is 0 Å². The Balaban J connectivity index is 2.09. The van der Waals surface area contributed by atoms with E-state index in [1.165, 1.54) is 16.9 Å². The fourth-order valence-corrected chi connectivity index (χ4v) is 2.50. The number of amides is 1. The number of carbonyl (C=O) groups is 1. The molecule has 0 aliphatic carbocycles. The van der Waals surface area contributed by atoms with Gasteiger partial charge in [0, 0.05) is 10.9 Å². The molecule has 5 heteroatoms. The predicted octanol–water partition coefficient (Wildman–Crippen LogP) is 4.48. The number of hydrogen-bond acceptors (Lipinski definition) is 3. The first-order chi connectivity index (χ1) is 9.47. The molecule has 0 bridgehead atoms. The lowest BCUT2D eigenvalue weighted by atomic mass is 10.1. The molecule has 1 unspecified atom stereocenters. The minimum atomic E-state index is -0.200. The van der Waals surface area contributed by atoms with Gasteiger partial charge in [-0.3, -0.25) is 4.79 Å². The zero-order valence-electron chi connectivity index (χ0n) is 11.7. The molecule has 0 spiro atoms. The fourth-order valence-electron chi connectivity index (χ4n) is 1.67. The van der Waals surface area contributed by atoms with Gasteiger partial charge in [0.15, 0.2) is 5.13 Å². The topological polar surface area (TPSA) is 42.0 Å². The van der Waals surface area contributed by atoms with Gasteiger partial charge in [-0.15, -0.1) is 11.3 Å². The van der Waals surface area contributed by atoms with E-state index in [1.54, 1.807) is 0 Å². The molecule has 0 aliphatic heterocycles. The molecule has 2 rings (SSSR count). The van der Waals surface area contributed by atoms with Crippen molar-refractivity contribution in [3.05, 3.63) is 35.2 Å². The van der Waals surface area contributed by atoms with Crippen LogP contribution in [0.5, 0.6) is 0 Å². The average molecular weight is 353 g/mol. The fraction of sp³-hybridized carbons (Fsp3) is 0.333. The summed E-state index contributed by atoms with van der Waals surface area (Å²) in [5.41, 5.74) is 3.17. The molecule has 0 radical (unpaired) electrons. The number of halogens is 1. The van der Waals surface area contributed by atoms with E-state index in [2.05, 4.69) is 45.3 Å². The second-order valence-electron chi connectivity index (χ2n) is 5.04. The van der Waals surface area contributed by atoms with Crippen molar-refractivity contribution in [3.8, 4) is 11.3 Å². The summed E-state index contributed by atoms with van der Waals surface area (Å²) in [5, 5.41) is 5.44. The van der Waals surface area contributed by atoms with Crippen LogP contribution < -0.4 is 5.32 Å². The van der Waals surface area contributed by atoms with Gasteiger partial charge < -0.3 is 5.32 Å². The van der Waals surface area contributed by atoms with Crippen molar-refractivity contribution >= 4 is 38.3 Å². The van der Waals surface area contributed by atoms with Crippen LogP contribution in [0.1, 0.15) is 19.4 Å². The Labute approximate surface area is 131 Å². The monoisotopic (exact) mass is 352 g/mol. The van der Waals surface area contributed by atoms with Gasteiger partial charge in [-0.25, -0.2) is 4.98 Å². The molecule has 0 saturated carbocycles. The van der Waals surface area contributed by atoms with E-state index in [0.717, 1.165) is 11.3 Å². The quantitative estimate of drug-likeness (QED) is 0.824. The van der Waals surface area contributed by atoms with Crippen LogP contribution in [0, 0.1) is 12.8 Å². The van der Waals surface area contributed by atoms with E-state index in [1.807, 2.05) is 31.4 Å². The zero-order chi connectivity index (χ0) is 14.7. The maximum Gasteiger partial charge on any atom is 0.240 e. The van der Waals surface area contributed by atoms with Crippen molar-refractivity contribution in [2.45, 2.75) is 25.6 Å². The highest BCUT2D eigenvalue weighted by molar-refractivity contribution is 9.10. The van der Waals surface area contributed by atoms with Gasteiger partial charge in [-0.1, -0.05) is 59.6 Å². The Morgan fingerprint density at radius 2 is 1.95 bits per heavy atom. The highest BCUT2D eigenvalue weighted by Crippen LogP contribution is 2.26. The molecular weight excluding hydrogens is 336 g/mol. The third kappa shape index (κ3) is 3.67. The summed E-state index contributed by atoms with van der Waals surface area (Å²) in [4.78, 5) is 16.2. The number of benzene rings is 1. The molecule has 1 amide bonds. The summed E-state index contributed by atoms with van der Waals surface area (Å²) in [6, 6.07) is 8.19. The molecule has 1 N–H and O–H groups in total. The molecule has 106 valence electrons. The van der Waals surface area contributed by atoms with E-state index >= 15 is 0 Å². The first-order valence-electron chi connectivity index (χ1n) is 6.45. The molecule has 1 heterocycles. The highest BCUT2D eigenvalue weighted by atomic mass is 79.9. The number of nitrogens with one attached hydrogen (secondary N) is 1. The molecule has 1 atom stereocenters. The van der Waals surface area contributed by atoms with Crippen LogP contribution in [0.2, 0.25) is 0 Å². The molecule has 1 aromatic heterocycles. The van der Waals surface area contributed by atoms with Crippen LogP contribution in [0.15, 0.2) is 29.6 Å². The number of anilines is 1. The number of alkyl halides is 1. The lowest BCUT2D eigenvalue weighted by Gasteiger charge is -2.11. The summed E-state index contributed by atoms with van der Waals surface area (Å²) < 4.78 is 0. The van der Waals surface area contributed by atoms with Gasteiger partial charge in [-0.2, -0.15) is 0 Å². The van der Waals surface area contributed by atoms with E-state index < -0.39 is 0 Å². The number of aryl methyl sites for hydroxylation is 1. The lowest BCUT2D eigenvalue weighted by molar-refractivity contribution is -0.116. The number of nitrogens with zero attached hydrogens (tertiary/aromatic N) is 1. The van der Waals surface area contributed by atoms with Crippen molar-refractivity contribution in [2.75, 3.05) is 5.32 Å². The molecule has 3 nitrogen and oxygen atoms in total. The SMILES string of the molecule is Cc1ccc(-c2csc(NC(=O)C(Br)C(C)C)n2)cc1. The summed E-state index contributed by atoms with van der Waals surface area (Å²) >= 11 is 4.83. The third-order valence-corrected chi connectivity index (χ3v) is 5.15. The van der Waals surface area contributed by atoms with Gasteiger partial charge in [0.05, 0.1) is 10.5 Å². The second-order valence-corrected chi connectivity index (χ2v) is 6.88. The first kappa shape index (κ1) is 15.2. The number of aromatic nitrogens is 1. The van der Waals surface area contributed by atoms with Crippen LogP contribution in [0.4, 0.5) is 5.13 Å². The summed E-state index contributed by atoms with van der Waals surface area (Å²) in [6.45, 7) is 6.05. The maximum atomic E-state index is 12.0. The van der Waals surface area contributed by atoms with E-state index in [-0.39, 0.29) is 16.7 Å². The molecule has 0 fully saturated rings. The largest absolute Gasteiger partial charge is 0.301 e. The molecule has 0 aliphatic rings. The Morgan fingerprint density at radius 1 is 1.30 bits per heavy atom. The Kier molecular flexibility index (Phi) is 4.94. The normalized spacial score (nSPS) is 12.4. The van der Waals surface area contributed by atoms with Crippen LogP contribution in [-0.2, 0) is 4.79 Å². The molecule has 1 aromatic carbocycles. The standard InChI is InChI=1S/C15H17BrN2OS/c1-9(2)13(16)14(19)18-15-17-12(8-20-15)11-6-4-10(3)5-7-11/h4-9,13H,1-3H3,(H,17,18,19). The van der Waals surface area contributed by atoms with Crippen molar-refractivity contribution < 1.29 is 4.79 Å². The maximum absolute atomic E-state index is 12.0. The zero-order valence-corrected chi connectivity index (χ0v) is 14.1. The van der Waals surface area contributed by atoms with Gasteiger partial charge in [0.25, 0.3) is 0 Å². The van der Waals surface area contributed by atoms with E-state index in [9.17, 15) is 4.79 Å². The lowest BCUT2D eigenvalue weighted by Crippen LogP contribution is -2.26. The first-order valence-corrected chi connectivity index (χ1v) is 8.24. The van der Waals surface area contributed by atoms with Crippen LogP contribution in [0.3, 0.4) is 0 Å². The average Bonchev–Trinajstić information content (AvgIpc) is 2.87. The predicted molar refractivity (Wildman–Crippen MR) is 88.5 cm³/mol. The molecular formula is C15H17BrN2OS. The van der Waals surface area contributed by atoms with E-state index in [4.69, 9.17) is 0 Å². The third-order valence-electron chi connectivity index (χ3n) is 2.92. The molecule has 0 saturated heterocycles. The van der Waals surface area contributed by atoms with Crippen molar-refractivity contribution in [1.29, 1.82) is 0 Å². The molecule has 20 heavy (non-hydrogen) atoms. The number of thiazole rings is 1.